The van der Waals surface area contributed by atoms with E-state index in [1.165, 1.54) is 83.1 Å². The van der Waals surface area contributed by atoms with Crippen molar-refractivity contribution in [1.82, 2.24) is 0 Å². The van der Waals surface area contributed by atoms with Crippen LogP contribution in [0.5, 0.6) is 5.75 Å². The smallest absolute Gasteiger partial charge is 0.336 e. The Morgan fingerprint density at radius 2 is 1.26 bits per heavy atom. The van der Waals surface area contributed by atoms with E-state index in [-0.39, 0.29) is 11.0 Å². The van der Waals surface area contributed by atoms with Gasteiger partial charge in [-0.05, 0) is 24.5 Å². The summed E-state index contributed by atoms with van der Waals surface area (Å²) in [6.45, 7) is 2.25. The SMILES string of the molecule is CCCCCCCCCCCCCCCCCc1cc(=O)oc2c(F)c(O)c(F)cc12. The molecule has 0 unspecified atom stereocenters. The van der Waals surface area contributed by atoms with E-state index in [0.29, 0.717) is 12.0 Å². The third-order valence-electron chi connectivity index (χ3n) is 6.04. The van der Waals surface area contributed by atoms with Gasteiger partial charge in [-0.2, -0.15) is 4.39 Å². The summed E-state index contributed by atoms with van der Waals surface area (Å²) >= 11 is 0. The highest BCUT2D eigenvalue weighted by atomic mass is 19.1. The van der Waals surface area contributed by atoms with Gasteiger partial charge in [0.05, 0.1) is 0 Å². The van der Waals surface area contributed by atoms with Gasteiger partial charge in [-0.15, -0.1) is 0 Å². The molecule has 0 spiro atoms. The molecule has 0 aliphatic heterocycles. The zero-order valence-electron chi connectivity index (χ0n) is 19.0. The van der Waals surface area contributed by atoms with Gasteiger partial charge in [-0.3, -0.25) is 0 Å². The van der Waals surface area contributed by atoms with Gasteiger partial charge in [0.1, 0.15) is 0 Å². The van der Waals surface area contributed by atoms with Crippen LogP contribution in [0.15, 0.2) is 21.3 Å². The number of benzene rings is 1. The molecule has 1 heterocycles. The number of rotatable bonds is 16. The summed E-state index contributed by atoms with van der Waals surface area (Å²) in [5, 5.41) is 9.61. The molecule has 0 saturated carbocycles. The number of fused-ring (bicyclic) bond motifs is 1. The number of unbranched alkanes of at least 4 members (excludes halogenated alkanes) is 14. The molecule has 1 aromatic carbocycles. The highest BCUT2D eigenvalue weighted by Gasteiger charge is 2.17. The van der Waals surface area contributed by atoms with Crippen LogP contribution in [0, 0.1) is 11.6 Å². The molecule has 174 valence electrons. The fraction of sp³-hybridized carbons (Fsp3) is 0.654. The lowest BCUT2D eigenvalue weighted by molar-refractivity contribution is 0.392. The van der Waals surface area contributed by atoms with E-state index in [1.54, 1.807) is 0 Å². The topological polar surface area (TPSA) is 50.4 Å². The number of phenolic OH excluding ortho intramolecular Hbond substituents is 1. The largest absolute Gasteiger partial charge is 0.503 e. The quantitative estimate of drug-likeness (QED) is 0.213. The second-order valence-electron chi connectivity index (χ2n) is 8.69. The molecule has 31 heavy (non-hydrogen) atoms. The van der Waals surface area contributed by atoms with Crippen LogP contribution in [0.3, 0.4) is 0 Å². The van der Waals surface area contributed by atoms with Crippen molar-refractivity contribution in [2.75, 3.05) is 0 Å². The lowest BCUT2D eigenvalue weighted by Gasteiger charge is -2.08. The second kappa shape index (κ2) is 14.2. The van der Waals surface area contributed by atoms with Crippen LogP contribution in [-0.4, -0.2) is 5.11 Å². The van der Waals surface area contributed by atoms with Crippen LogP contribution in [0.1, 0.15) is 109 Å². The van der Waals surface area contributed by atoms with Crippen molar-refractivity contribution < 1.29 is 18.3 Å². The average Bonchev–Trinajstić information content (AvgIpc) is 2.75. The van der Waals surface area contributed by atoms with Crippen LogP contribution in [0.2, 0.25) is 0 Å². The normalized spacial score (nSPS) is 11.5. The van der Waals surface area contributed by atoms with E-state index < -0.39 is 23.0 Å². The predicted octanol–water partition coefficient (Wildman–Crippen LogP) is 8.19. The first-order valence-corrected chi connectivity index (χ1v) is 12.2. The zero-order chi connectivity index (χ0) is 22.5. The van der Waals surface area contributed by atoms with E-state index >= 15 is 0 Å². The maximum atomic E-state index is 14.0. The molecule has 2 aromatic rings. The third-order valence-corrected chi connectivity index (χ3v) is 6.04. The molecule has 3 nitrogen and oxygen atoms in total. The molecule has 5 heteroatoms. The number of halogens is 2. The van der Waals surface area contributed by atoms with Gasteiger partial charge in [-0.1, -0.05) is 96.8 Å². The minimum atomic E-state index is -1.22. The molecule has 1 N–H and O–H groups in total. The van der Waals surface area contributed by atoms with Gasteiger partial charge < -0.3 is 9.52 Å². The van der Waals surface area contributed by atoms with Crippen molar-refractivity contribution in [2.45, 2.75) is 110 Å². The average molecular weight is 437 g/mol. The Bertz CT molecular complexity index is 845. The van der Waals surface area contributed by atoms with Gasteiger partial charge in [0.15, 0.2) is 17.1 Å². The van der Waals surface area contributed by atoms with Crippen molar-refractivity contribution >= 4 is 11.0 Å². The first-order valence-electron chi connectivity index (χ1n) is 12.2. The molecular weight excluding hydrogens is 398 g/mol. The van der Waals surface area contributed by atoms with Crippen LogP contribution in [0.25, 0.3) is 11.0 Å². The molecular formula is C26H38F2O3. The van der Waals surface area contributed by atoms with Crippen LogP contribution >= 0.6 is 0 Å². The number of hydrogen-bond donors (Lipinski definition) is 1. The van der Waals surface area contributed by atoms with Gasteiger partial charge in [0, 0.05) is 11.5 Å². The van der Waals surface area contributed by atoms with E-state index in [0.717, 1.165) is 25.3 Å². The molecule has 0 bridgehead atoms. The monoisotopic (exact) mass is 436 g/mol. The summed E-state index contributed by atoms with van der Waals surface area (Å²) in [6, 6.07) is 2.33. The zero-order valence-corrected chi connectivity index (χ0v) is 19.0. The molecule has 2 rings (SSSR count). The Hall–Kier alpha value is -1.91. The molecule has 0 aliphatic carbocycles. The fourth-order valence-electron chi connectivity index (χ4n) is 4.17. The maximum Gasteiger partial charge on any atom is 0.336 e. The van der Waals surface area contributed by atoms with E-state index in [9.17, 15) is 18.7 Å². The van der Waals surface area contributed by atoms with Crippen LogP contribution in [0.4, 0.5) is 8.78 Å². The highest BCUT2D eigenvalue weighted by molar-refractivity contribution is 5.82. The minimum Gasteiger partial charge on any atom is -0.503 e. The van der Waals surface area contributed by atoms with E-state index in [1.807, 2.05) is 0 Å². The summed E-state index contributed by atoms with van der Waals surface area (Å²) in [5.41, 5.74) is -0.491. The molecule has 0 radical (unpaired) electrons. The van der Waals surface area contributed by atoms with Crippen molar-refractivity contribution in [3.8, 4) is 5.75 Å². The Kier molecular flexibility index (Phi) is 11.6. The summed E-state index contributed by atoms with van der Waals surface area (Å²) < 4.78 is 32.6. The minimum absolute atomic E-state index is 0.220. The van der Waals surface area contributed by atoms with Gasteiger partial charge in [-0.25, -0.2) is 9.18 Å². The number of hydrogen-bond acceptors (Lipinski definition) is 3. The Morgan fingerprint density at radius 1 is 0.774 bits per heavy atom. The van der Waals surface area contributed by atoms with Crippen molar-refractivity contribution in [2.24, 2.45) is 0 Å². The summed E-state index contributed by atoms with van der Waals surface area (Å²) in [4.78, 5) is 11.7. The highest BCUT2D eigenvalue weighted by Crippen LogP contribution is 2.30. The maximum absolute atomic E-state index is 14.0. The third kappa shape index (κ3) is 8.62. The molecule has 0 amide bonds. The lowest BCUT2D eigenvalue weighted by Crippen LogP contribution is -2.03. The van der Waals surface area contributed by atoms with Crippen molar-refractivity contribution in [1.29, 1.82) is 0 Å². The Labute approximate surface area is 184 Å². The number of phenols is 1. The van der Waals surface area contributed by atoms with Gasteiger partial charge in [0.2, 0.25) is 5.82 Å². The predicted molar refractivity (Wildman–Crippen MR) is 123 cm³/mol. The van der Waals surface area contributed by atoms with Crippen molar-refractivity contribution in [3.63, 3.8) is 0 Å². The second-order valence-corrected chi connectivity index (χ2v) is 8.69. The lowest BCUT2D eigenvalue weighted by atomic mass is 10.0. The molecule has 0 saturated heterocycles. The molecule has 0 aliphatic rings. The molecule has 0 fully saturated rings. The van der Waals surface area contributed by atoms with Crippen LogP contribution in [-0.2, 0) is 6.42 Å². The van der Waals surface area contributed by atoms with Crippen molar-refractivity contribution in [3.05, 3.63) is 39.8 Å². The Balaban J connectivity index is 1.58. The number of aryl methyl sites for hydroxylation is 1. The number of aromatic hydroxyl groups is 1. The first-order chi connectivity index (χ1) is 15.0. The first kappa shape index (κ1) is 25.4. The van der Waals surface area contributed by atoms with E-state index in [4.69, 9.17) is 4.42 Å². The summed E-state index contributed by atoms with van der Waals surface area (Å²) in [5.74, 6) is -3.37. The summed E-state index contributed by atoms with van der Waals surface area (Å²) in [7, 11) is 0. The summed E-state index contributed by atoms with van der Waals surface area (Å²) in [6.07, 6.45) is 19.6. The van der Waals surface area contributed by atoms with Crippen LogP contribution < -0.4 is 5.63 Å². The fourth-order valence-corrected chi connectivity index (χ4v) is 4.17. The molecule has 1 aromatic heterocycles. The Morgan fingerprint density at radius 3 is 1.77 bits per heavy atom. The standard InChI is InChI=1S/C26H38F2O3/c1-2-3-4-5-6-7-8-9-10-11-12-13-14-15-16-17-20-18-23(29)31-26-21(20)19-22(27)25(30)24(26)28/h18-19,30H,2-17H2,1H3. The van der Waals surface area contributed by atoms with E-state index in [2.05, 4.69) is 6.92 Å². The van der Waals surface area contributed by atoms with Gasteiger partial charge in [0.25, 0.3) is 0 Å². The molecule has 0 atom stereocenters. The van der Waals surface area contributed by atoms with Gasteiger partial charge >= 0.3 is 5.63 Å².